The zero-order valence-corrected chi connectivity index (χ0v) is 13.0. The van der Waals surface area contributed by atoms with Crippen LogP contribution in [0.2, 0.25) is 0 Å². The molecule has 1 heterocycles. The Balaban J connectivity index is 1.90. The van der Waals surface area contributed by atoms with Gasteiger partial charge in [0.25, 0.3) is 5.91 Å². The van der Waals surface area contributed by atoms with E-state index < -0.39 is 6.10 Å². The van der Waals surface area contributed by atoms with Crippen LogP contribution in [0.1, 0.15) is 20.3 Å². The first-order valence-corrected chi connectivity index (χ1v) is 7.58. The number of benzene rings is 1. The number of carbonyl (C=O) groups is 1. The van der Waals surface area contributed by atoms with Gasteiger partial charge < -0.3 is 14.8 Å². The van der Waals surface area contributed by atoms with Gasteiger partial charge in [0.15, 0.2) is 6.10 Å². The molecule has 0 saturated carbocycles. The molecule has 1 atom stereocenters. The average molecular weight is 302 g/mol. The van der Waals surface area contributed by atoms with Crippen LogP contribution in [-0.4, -0.2) is 36.8 Å². The van der Waals surface area contributed by atoms with Crippen molar-refractivity contribution in [2.45, 2.75) is 26.4 Å². The van der Waals surface area contributed by atoms with Gasteiger partial charge in [0.1, 0.15) is 11.3 Å². The summed E-state index contributed by atoms with van der Waals surface area (Å²) >= 11 is 0. The molecule has 1 N–H and O–H groups in total. The third-order valence-corrected chi connectivity index (χ3v) is 3.24. The summed E-state index contributed by atoms with van der Waals surface area (Å²) in [6.45, 7) is 5.62. The van der Waals surface area contributed by atoms with Crippen molar-refractivity contribution >= 4 is 16.8 Å². The average Bonchev–Trinajstić information content (AvgIpc) is 2.54. The molecule has 5 heteroatoms. The minimum Gasteiger partial charge on any atom is -0.479 e. The predicted molar refractivity (Wildman–Crippen MR) is 86.0 cm³/mol. The van der Waals surface area contributed by atoms with E-state index in [1.165, 1.54) is 0 Å². The third-order valence-electron chi connectivity index (χ3n) is 3.24. The molecule has 0 radical (unpaired) electrons. The summed E-state index contributed by atoms with van der Waals surface area (Å²) in [4.78, 5) is 16.3. The molecule has 2 aromatic rings. The second-order valence-corrected chi connectivity index (χ2v) is 4.93. The summed E-state index contributed by atoms with van der Waals surface area (Å²) in [5.41, 5.74) is 0.765. The lowest BCUT2D eigenvalue weighted by Crippen LogP contribution is -2.37. The number of para-hydroxylation sites is 1. The largest absolute Gasteiger partial charge is 0.479 e. The molecular weight excluding hydrogens is 280 g/mol. The number of carbonyl (C=O) groups excluding carboxylic acids is 1. The van der Waals surface area contributed by atoms with Crippen molar-refractivity contribution in [2.75, 3.05) is 19.8 Å². The highest BCUT2D eigenvalue weighted by molar-refractivity contribution is 5.85. The first kappa shape index (κ1) is 16.2. The van der Waals surface area contributed by atoms with Crippen LogP contribution in [0, 0.1) is 0 Å². The van der Waals surface area contributed by atoms with E-state index in [0.717, 1.165) is 17.3 Å². The second kappa shape index (κ2) is 8.34. The van der Waals surface area contributed by atoms with Crippen molar-refractivity contribution in [1.82, 2.24) is 10.3 Å². The maximum atomic E-state index is 12.0. The summed E-state index contributed by atoms with van der Waals surface area (Å²) < 4.78 is 11.0. The number of amides is 1. The van der Waals surface area contributed by atoms with Crippen LogP contribution in [0.25, 0.3) is 10.9 Å². The number of hydrogen-bond acceptors (Lipinski definition) is 4. The minimum absolute atomic E-state index is 0.135. The molecule has 5 nitrogen and oxygen atoms in total. The van der Waals surface area contributed by atoms with Crippen molar-refractivity contribution in [1.29, 1.82) is 0 Å². The van der Waals surface area contributed by atoms with Gasteiger partial charge in [0, 0.05) is 31.3 Å². The Hall–Kier alpha value is -2.14. The molecule has 22 heavy (non-hydrogen) atoms. The van der Waals surface area contributed by atoms with E-state index in [4.69, 9.17) is 9.47 Å². The van der Waals surface area contributed by atoms with Crippen LogP contribution < -0.4 is 10.1 Å². The standard InChI is InChI=1S/C17H22N2O3/c1-3-21-12-6-11-19-17(20)13(2)22-15-9-4-7-14-8-5-10-18-16(14)15/h4-5,7-10,13H,3,6,11-12H2,1-2H3,(H,19,20). The summed E-state index contributed by atoms with van der Waals surface area (Å²) in [7, 11) is 0. The molecule has 118 valence electrons. The van der Waals surface area contributed by atoms with Crippen LogP contribution in [0.3, 0.4) is 0 Å². The summed E-state index contributed by atoms with van der Waals surface area (Å²) in [6.07, 6.45) is 1.94. The Morgan fingerprint density at radius 2 is 2.14 bits per heavy atom. The van der Waals surface area contributed by atoms with Crippen molar-refractivity contribution in [3.05, 3.63) is 36.5 Å². The van der Waals surface area contributed by atoms with Gasteiger partial charge in [0.05, 0.1) is 0 Å². The number of ether oxygens (including phenoxy) is 2. The number of fused-ring (bicyclic) bond motifs is 1. The lowest BCUT2D eigenvalue weighted by molar-refractivity contribution is -0.127. The monoisotopic (exact) mass is 302 g/mol. The van der Waals surface area contributed by atoms with Gasteiger partial charge in [0.2, 0.25) is 0 Å². The van der Waals surface area contributed by atoms with E-state index in [9.17, 15) is 4.79 Å². The van der Waals surface area contributed by atoms with Crippen molar-refractivity contribution in [3.8, 4) is 5.75 Å². The van der Waals surface area contributed by atoms with Gasteiger partial charge in [-0.15, -0.1) is 0 Å². The number of nitrogens with one attached hydrogen (secondary N) is 1. The fraction of sp³-hybridized carbons (Fsp3) is 0.412. The Morgan fingerprint density at radius 1 is 1.32 bits per heavy atom. The lowest BCUT2D eigenvalue weighted by Gasteiger charge is -2.15. The van der Waals surface area contributed by atoms with E-state index in [1.807, 2.05) is 37.3 Å². The van der Waals surface area contributed by atoms with Gasteiger partial charge in [-0.1, -0.05) is 18.2 Å². The zero-order valence-electron chi connectivity index (χ0n) is 13.0. The van der Waals surface area contributed by atoms with Crippen LogP contribution in [-0.2, 0) is 9.53 Å². The number of pyridine rings is 1. The van der Waals surface area contributed by atoms with E-state index in [-0.39, 0.29) is 5.91 Å². The summed E-state index contributed by atoms with van der Waals surface area (Å²) in [5.74, 6) is 0.486. The number of nitrogens with zero attached hydrogens (tertiary/aromatic N) is 1. The molecule has 0 saturated heterocycles. The third kappa shape index (κ3) is 4.43. The van der Waals surface area contributed by atoms with Gasteiger partial charge in [-0.3, -0.25) is 9.78 Å². The van der Waals surface area contributed by atoms with Crippen LogP contribution >= 0.6 is 0 Å². The molecule has 0 spiro atoms. The van der Waals surface area contributed by atoms with Gasteiger partial charge in [-0.05, 0) is 32.4 Å². The lowest BCUT2D eigenvalue weighted by atomic mass is 10.2. The predicted octanol–water partition coefficient (Wildman–Crippen LogP) is 2.54. The van der Waals surface area contributed by atoms with E-state index >= 15 is 0 Å². The molecule has 0 aliphatic carbocycles. The molecule has 0 aliphatic rings. The Kier molecular flexibility index (Phi) is 6.15. The molecule has 1 aromatic heterocycles. The molecule has 0 bridgehead atoms. The Labute approximate surface area is 130 Å². The molecular formula is C17H22N2O3. The first-order valence-electron chi connectivity index (χ1n) is 7.58. The normalized spacial score (nSPS) is 12.1. The molecule has 2 rings (SSSR count). The number of rotatable bonds is 8. The van der Waals surface area contributed by atoms with E-state index in [0.29, 0.717) is 25.5 Å². The van der Waals surface area contributed by atoms with Gasteiger partial charge >= 0.3 is 0 Å². The maximum Gasteiger partial charge on any atom is 0.260 e. The molecule has 1 aromatic carbocycles. The molecule has 1 unspecified atom stereocenters. The maximum absolute atomic E-state index is 12.0. The molecule has 0 aliphatic heterocycles. The highest BCUT2D eigenvalue weighted by Gasteiger charge is 2.15. The summed E-state index contributed by atoms with van der Waals surface area (Å²) in [5, 5.41) is 3.84. The topological polar surface area (TPSA) is 60.5 Å². The van der Waals surface area contributed by atoms with Crippen LogP contribution in [0.5, 0.6) is 5.75 Å². The molecule has 1 amide bonds. The van der Waals surface area contributed by atoms with Gasteiger partial charge in [-0.25, -0.2) is 0 Å². The van der Waals surface area contributed by atoms with E-state index in [2.05, 4.69) is 10.3 Å². The summed E-state index contributed by atoms with van der Waals surface area (Å²) in [6, 6.07) is 9.53. The van der Waals surface area contributed by atoms with Crippen molar-refractivity contribution in [3.63, 3.8) is 0 Å². The molecule has 0 fully saturated rings. The first-order chi connectivity index (χ1) is 10.7. The Bertz CT molecular complexity index is 610. The van der Waals surface area contributed by atoms with Crippen molar-refractivity contribution < 1.29 is 14.3 Å². The second-order valence-electron chi connectivity index (χ2n) is 4.93. The highest BCUT2D eigenvalue weighted by atomic mass is 16.5. The number of hydrogen-bond donors (Lipinski definition) is 1. The Morgan fingerprint density at radius 3 is 2.95 bits per heavy atom. The fourth-order valence-corrected chi connectivity index (χ4v) is 2.09. The van der Waals surface area contributed by atoms with Gasteiger partial charge in [-0.2, -0.15) is 0 Å². The quantitative estimate of drug-likeness (QED) is 0.761. The van der Waals surface area contributed by atoms with Crippen LogP contribution in [0.15, 0.2) is 36.5 Å². The van der Waals surface area contributed by atoms with E-state index in [1.54, 1.807) is 13.1 Å². The van der Waals surface area contributed by atoms with Crippen molar-refractivity contribution in [2.24, 2.45) is 0 Å². The highest BCUT2D eigenvalue weighted by Crippen LogP contribution is 2.23. The fourth-order valence-electron chi connectivity index (χ4n) is 2.09. The zero-order chi connectivity index (χ0) is 15.8. The minimum atomic E-state index is -0.570. The smallest absolute Gasteiger partial charge is 0.260 e. The van der Waals surface area contributed by atoms with Crippen LogP contribution in [0.4, 0.5) is 0 Å². The number of aromatic nitrogens is 1. The SMILES string of the molecule is CCOCCCNC(=O)C(C)Oc1cccc2cccnc12.